The molecule has 0 atom stereocenters. The summed E-state index contributed by atoms with van der Waals surface area (Å²) in [6.07, 6.45) is 0. The van der Waals surface area contributed by atoms with E-state index in [0.29, 0.717) is 0 Å². The molecule has 0 saturated carbocycles. The highest BCUT2D eigenvalue weighted by Crippen LogP contribution is 2.27. The maximum atomic E-state index is 6.24. The van der Waals surface area contributed by atoms with E-state index in [4.69, 9.17) is 23.2 Å². The van der Waals surface area contributed by atoms with Crippen molar-refractivity contribution in [3.63, 3.8) is 0 Å². The second kappa shape index (κ2) is 7.20. The SMILES string of the molecule is CNCc1ccc(SCc2ccc(Cl)cc2)cc1Cl. The van der Waals surface area contributed by atoms with E-state index in [1.54, 1.807) is 11.8 Å². The fourth-order valence-corrected chi connectivity index (χ4v) is 3.03. The summed E-state index contributed by atoms with van der Waals surface area (Å²) in [7, 11) is 1.92. The molecule has 0 saturated heterocycles. The van der Waals surface area contributed by atoms with Gasteiger partial charge in [-0.3, -0.25) is 0 Å². The van der Waals surface area contributed by atoms with Crippen LogP contribution in [0.2, 0.25) is 10.0 Å². The highest BCUT2D eigenvalue weighted by molar-refractivity contribution is 7.98. The van der Waals surface area contributed by atoms with Crippen LogP contribution in [0, 0.1) is 0 Å². The molecule has 19 heavy (non-hydrogen) atoms. The van der Waals surface area contributed by atoms with Crippen LogP contribution in [0.15, 0.2) is 47.4 Å². The lowest BCUT2D eigenvalue weighted by Gasteiger charge is -2.07. The van der Waals surface area contributed by atoms with Gasteiger partial charge in [0.05, 0.1) is 0 Å². The van der Waals surface area contributed by atoms with Gasteiger partial charge in [-0.25, -0.2) is 0 Å². The lowest BCUT2D eigenvalue weighted by Crippen LogP contribution is -2.05. The Balaban J connectivity index is 1.99. The lowest BCUT2D eigenvalue weighted by molar-refractivity contribution is 0.817. The Hall–Kier alpha value is -0.670. The molecule has 0 aliphatic carbocycles. The van der Waals surface area contributed by atoms with Crippen molar-refractivity contribution in [2.75, 3.05) is 7.05 Å². The van der Waals surface area contributed by atoms with E-state index in [1.165, 1.54) is 10.5 Å². The maximum absolute atomic E-state index is 6.24. The van der Waals surface area contributed by atoms with Crippen molar-refractivity contribution in [3.05, 3.63) is 63.6 Å². The first-order valence-electron chi connectivity index (χ1n) is 5.99. The van der Waals surface area contributed by atoms with E-state index in [2.05, 4.69) is 17.4 Å². The summed E-state index contributed by atoms with van der Waals surface area (Å²) in [4.78, 5) is 1.18. The molecule has 1 N–H and O–H groups in total. The Morgan fingerprint density at radius 1 is 1.05 bits per heavy atom. The Bertz CT molecular complexity index is 540. The van der Waals surface area contributed by atoms with Crippen molar-refractivity contribution < 1.29 is 0 Å². The van der Waals surface area contributed by atoms with Gasteiger partial charge in [-0.2, -0.15) is 0 Å². The molecule has 0 spiro atoms. The van der Waals surface area contributed by atoms with Crippen LogP contribution < -0.4 is 5.32 Å². The summed E-state index contributed by atoms with van der Waals surface area (Å²) in [5.41, 5.74) is 2.38. The average molecular weight is 312 g/mol. The lowest BCUT2D eigenvalue weighted by atomic mass is 10.2. The second-order valence-electron chi connectivity index (χ2n) is 4.20. The summed E-state index contributed by atoms with van der Waals surface area (Å²) >= 11 is 13.9. The molecule has 0 bridgehead atoms. The van der Waals surface area contributed by atoms with Gasteiger partial charge in [-0.15, -0.1) is 11.8 Å². The van der Waals surface area contributed by atoms with E-state index in [-0.39, 0.29) is 0 Å². The molecule has 0 aliphatic heterocycles. The van der Waals surface area contributed by atoms with Crippen LogP contribution in [0.3, 0.4) is 0 Å². The van der Waals surface area contributed by atoms with Gasteiger partial charge < -0.3 is 5.32 Å². The fourth-order valence-electron chi connectivity index (χ4n) is 1.70. The molecule has 2 aromatic rings. The first-order chi connectivity index (χ1) is 9.19. The van der Waals surface area contributed by atoms with E-state index >= 15 is 0 Å². The van der Waals surface area contributed by atoms with Gasteiger partial charge in [0.25, 0.3) is 0 Å². The van der Waals surface area contributed by atoms with E-state index in [9.17, 15) is 0 Å². The molecule has 0 unspecified atom stereocenters. The molecule has 0 aromatic heterocycles. The Kier molecular flexibility index (Phi) is 5.59. The minimum atomic E-state index is 0.771. The molecule has 0 radical (unpaired) electrons. The van der Waals surface area contributed by atoms with Crippen molar-refractivity contribution in [3.8, 4) is 0 Å². The van der Waals surface area contributed by atoms with Crippen molar-refractivity contribution >= 4 is 35.0 Å². The van der Waals surface area contributed by atoms with E-state index in [0.717, 1.165) is 27.9 Å². The summed E-state index contributed by atoms with van der Waals surface area (Å²) in [6, 6.07) is 14.1. The first kappa shape index (κ1) is 14.7. The number of hydrogen-bond acceptors (Lipinski definition) is 2. The third kappa shape index (κ3) is 4.43. The molecule has 0 aliphatic rings. The van der Waals surface area contributed by atoms with Gasteiger partial charge in [-0.1, -0.05) is 41.4 Å². The summed E-state index contributed by atoms with van der Waals surface area (Å²) in [5, 5.41) is 4.69. The number of hydrogen-bond donors (Lipinski definition) is 1. The van der Waals surface area contributed by atoms with Gasteiger partial charge in [0.15, 0.2) is 0 Å². The average Bonchev–Trinajstić information content (AvgIpc) is 2.41. The van der Waals surface area contributed by atoms with E-state index < -0.39 is 0 Å². The Morgan fingerprint density at radius 2 is 1.79 bits per heavy atom. The quantitative estimate of drug-likeness (QED) is 0.779. The zero-order chi connectivity index (χ0) is 13.7. The fraction of sp³-hybridized carbons (Fsp3) is 0.200. The van der Waals surface area contributed by atoms with Crippen LogP contribution in [-0.2, 0) is 12.3 Å². The first-order valence-corrected chi connectivity index (χ1v) is 7.73. The summed E-state index contributed by atoms with van der Waals surface area (Å²) < 4.78 is 0. The van der Waals surface area contributed by atoms with Crippen molar-refractivity contribution in [2.24, 2.45) is 0 Å². The summed E-state index contributed by atoms with van der Waals surface area (Å²) in [6.45, 7) is 0.793. The molecule has 2 aromatic carbocycles. The minimum absolute atomic E-state index is 0.771. The van der Waals surface area contributed by atoms with Crippen LogP contribution in [0.5, 0.6) is 0 Å². The molecule has 1 nitrogen and oxygen atoms in total. The van der Waals surface area contributed by atoms with Crippen LogP contribution in [-0.4, -0.2) is 7.05 Å². The number of benzene rings is 2. The number of rotatable bonds is 5. The van der Waals surface area contributed by atoms with Crippen molar-refractivity contribution in [1.29, 1.82) is 0 Å². The maximum Gasteiger partial charge on any atom is 0.0462 e. The van der Waals surface area contributed by atoms with Gasteiger partial charge in [0, 0.05) is 27.2 Å². The minimum Gasteiger partial charge on any atom is -0.316 e. The highest BCUT2D eigenvalue weighted by Gasteiger charge is 2.02. The smallest absolute Gasteiger partial charge is 0.0462 e. The molecular formula is C15H15Cl2NS. The second-order valence-corrected chi connectivity index (χ2v) is 6.09. The Labute approximate surface area is 128 Å². The molecule has 4 heteroatoms. The predicted octanol–water partition coefficient (Wildman–Crippen LogP) is 5.01. The molecule has 100 valence electrons. The third-order valence-electron chi connectivity index (χ3n) is 2.71. The normalized spacial score (nSPS) is 10.7. The zero-order valence-electron chi connectivity index (χ0n) is 10.6. The largest absolute Gasteiger partial charge is 0.316 e. The third-order valence-corrected chi connectivity index (χ3v) is 4.38. The monoisotopic (exact) mass is 311 g/mol. The standard InChI is InChI=1S/C15H15Cl2NS/c1-18-9-12-4-7-14(8-15(12)17)19-10-11-2-5-13(16)6-3-11/h2-8,18H,9-10H2,1H3. The molecule has 0 fully saturated rings. The molecule has 2 rings (SSSR count). The van der Waals surface area contributed by atoms with E-state index in [1.807, 2.05) is 37.4 Å². The van der Waals surface area contributed by atoms with Crippen LogP contribution in [0.1, 0.15) is 11.1 Å². The predicted molar refractivity (Wildman–Crippen MR) is 85.2 cm³/mol. The van der Waals surface area contributed by atoms with Crippen LogP contribution >= 0.6 is 35.0 Å². The number of halogens is 2. The summed E-state index contributed by atoms with van der Waals surface area (Å²) in [5.74, 6) is 0.916. The molecular weight excluding hydrogens is 297 g/mol. The zero-order valence-corrected chi connectivity index (χ0v) is 12.9. The molecule has 0 heterocycles. The van der Waals surface area contributed by atoms with Gasteiger partial charge in [0.1, 0.15) is 0 Å². The Morgan fingerprint density at radius 3 is 2.42 bits per heavy atom. The van der Waals surface area contributed by atoms with Crippen molar-refractivity contribution in [1.82, 2.24) is 5.32 Å². The van der Waals surface area contributed by atoms with Crippen molar-refractivity contribution in [2.45, 2.75) is 17.2 Å². The number of nitrogens with one attached hydrogen (secondary N) is 1. The van der Waals surface area contributed by atoms with Gasteiger partial charge in [0.2, 0.25) is 0 Å². The van der Waals surface area contributed by atoms with Gasteiger partial charge in [-0.05, 0) is 42.4 Å². The topological polar surface area (TPSA) is 12.0 Å². The van der Waals surface area contributed by atoms with Crippen LogP contribution in [0.25, 0.3) is 0 Å². The number of thioether (sulfide) groups is 1. The van der Waals surface area contributed by atoms with Gasteiger partial charge >= 0.3 is 0 Å². The van der Waals surface area contributed by atoms with Crippen LogP contribution in [0.4, 0.5) is 0 Å². The highest BCUT2D eigenvalue weighted by atomic mass is 35.5. The molecule has 0 amide bonds.